The van der Waals surface area contributed by atoms with E-state index in [2.05, 4.69) is 26.2 Å². The highest BCUT2D eigenvalue weighted by Crippen LogP contribution is 2.26. The Morgan fingerprint density at radius 2 is 2.00 bits per heavy atom. The van der Waals surface area contributed by atoms with Crippen molar-refractivity contribution in [3.63, 3.8) is 0 Å². The Kier molecular flexibility index (Phi) is 4.42. The average Bonchev–Trinajstić information content (AvgIpc) is 2.33. The summed E-state index contributed by atoms with van der Waals surface area (Å²) in [7, 11) is 0. The standard InChI is InChI=1S/C11H14BrF2N3/c12-8-1-2-9(16-7-8)10(11(13)14)17-5-3-15-4-6-17/h1-2,7,10-11,15H,3-6H2/t10-/m1/s1. The quantitative estimate of drug-likeness (QED) is 0.926. The number of halogens is 3. The first-order valence-corrected chi connectivity index (χ1v) is 6.32. The van der Waals surface area contributed by atoms with Crippen LogP contribution in [0.4, 0.5) is 8.78 Å². The van der Waals surface area contributed by atoms with E-state index < -0.39 is 12.5 Å². The third-order valence-corrected chi connectivity index (χ3v) is 3.31. The molecule has 2 heterocycles. The number of aromatic nitrogens is 1. The van der Waals surface area contributed by atoms with Crippen molar-refractivity contribution in [2.24, 2.45) is 0 Å². The minimum Gasteiger partial charge on any atom is -0.314 e. The van der Waals surface area contributed by atoms with E-state index in [-0.39, 0.29) is 0 Å². The zero-order chi connectivity index (χ0) is 12.3. The van der Waals surface area contributed by atoms with Crippen molar-refractivity contribution in [1.82, 2.24) is 15.2 Å². The second kappa shape index (κ2) is 5.84. The number of rotatable bonds is 3. The molecule has 1 aromatic heterocycles. The van der Waals surface area contributed by atoms with Gasteiger partial charge in [-0.25, -0.2) is 8.78 Å². The van der Waals surface area contributed by atoms with E-state index >= 15 is 0 Å². The van der Waals surface area contributed by atoms with Crippen molar-refractivity contribution >= 4 is 15.9 Å². The molecule has 17 heavy (non-hydrogen) atoms. The number of nitrogens with zero attached hydrogens (tertiary/aromatic N) is 2. The molecular weight excluding hydrogens is 292 g/mol. The Morgan fingerprint density at radius 1 is 1.29 bits per heavy atom. The molecule has 6 heteroatoms. The lowest BCUT2D eigenvalue weighted by atomic mass is 10.1. The van der Waals surface area contributed by atoms with Gasteiger partial charge in [-0.1, -0.05) is 0 Å². The number of hydrogen-bond acceptors (Lipinski definition) is 3. The van der Waals surface area contributed by atoms with Crippen molar-refractivity contribution in [2.45, 2.75) is 12.5 Å². The highest BCUT2D eigenvalue weighted by molar-refractivity contribution is 9.10. The Labute approximate surface area is 107 Å². The molecule has 0 unspecified atom stereocenters. The molecule has 0 spiro atoms. The van der Waals surface area contributed by atoms with Gasteiger partial charge in [0.05, 0.1) is 5.69 Å². The maximum absolute atomic E-state index is 13.2. The zero-order valence-corrected chi connectivity index (χ0v) is 10.8. The average molecular weight is 306 g/mol. The van der Waals surface area contributed by atoms with Gasteiger partial charge in [-0.3, -0.25) is 9.88 Å². The van der Waals surface area contributed by atoms with Gasteiger partial charge in [-0.15, -0.1) is 0 Å². The molecule has 2 rings (SSSR count). The van der Waals surface area contributed by atoms with Gasteiger partial charge in [-0.2, -0.15) is 0 Å². The summed E-state index contributed by atoms with van der Waals surface area (Å²) in [4.78, 5) is 5.88. The first kappa shape index (κ1) is 12.9. The van der Waals surface area contributed by atoms with Gasteiger partial charge in [0.15, 0.2) is 0 Å². The van der Waals surface area contributed by atoms with E-state index in [4.69, 9.17) is 0 Å². The van der Waals surface area contributed by atoms with E-state index in [1.807, 2.05) is 0 Å². The van der Waals surface area contributed by atoms with Crippen molar-refractivity contribution < 1.29 is 8.78 Å². The molecule has 1 aliphatic heterocycles. The van der Waals surface area contributed by atoms with E-state index in [9.17, 15) is 8.78 Å². The van der Waals surface area contributed by atoms with Gasteiger partial charge in [-0.05, 0) is 28.1 Å². The van der Waals surface area contributed by atoms with Crippen LogP contribution in [0.1, 0.15) is 11.7 Å². The second-order valence-electron chi connectivity index (χ2n) is 3.97. The number of alkyl halides is 2. The first-order chi connectivity index (χ1) is 8.18. The lowest BCUT2D eigenvalue weighted by Crippen LogP contribution is -2.47. The molecular formula is C11H14BrF2N3. The molecule has 1 N–H and O–H groups in total. The van der Waals surface area contributed by atoms with Crippen LogP contribution in [0.3, 0.4) is 0 Å². The van der Waals surface area contributed by atoms with Crippen LogP contribution in [0.2, 0.25) is 0 Å². The summed E-state index contributed by atoms with van der Waals surface area (Å²) in [5, 5.41) is 3.15. The number of hydrogen-bond donors (Lipinski definition) is 1. The summed E-state index contributed by atoms with van der Waals surface area (Å²) >= 11 is 3.25. The molecule has 94 valence electrons. The van der Waals surface area contributed by atoms with Gasteiger partial charge in [0.1, 0.15) is 6.04 Å². The predicted molar refractivity (Wildman–Crippen MR) is 65.1 cm³/mol. The van der Waals surface area contributed by atoms with Gasteiger partial charge in [0, 0.05) is 36.8 Å². The van der Waals surface area contributed by atoms with Crippen LogP contribution in [-0.2, 0) is 0 Å². The molecule has 0 aromatic carbocycles. The third-order valence-electron chi connectivity index (χ3n) is 2.84. The van der Waals surface area contributed by atoms with Crippen LogP contribution in [0.5, 0.6) is 0 Å². The van der Waals surface area contributed by atoms with E-state index in [0.717, 1.165) is 17.6 Å². The Bertz CT molecular complexity index is 352. The van der Waals surface area contributed by atoms with Crippen LogP contribution >= 0.6 is 15.9 Å². The summed E-state index contributed by atoms with van der Waals surface area (Å²) in [6, 6.07) is 2.51. The fraction of sp³-hybridized carbons (Fsp3) is 0.545. The van der Waals surface area contributed by atoms with Crippen LogP contribution in [0.25, 0.3) is 0 Å². The van der Waals surface area contributed by atoms with Gasteiger partial charge in [0.25, 0.3) is 6.43 Å². The van der Waals surface area contributed by atoms with E-state index in [0.29, 0.717) is 18.8 Å². The van der Waals surface area contributed by atoms with E-state index in [1.54, 1.807) is 23.2 Å². The number of piperazine rings is 1. The van der Waals surface area contributed by atoms with E-state index in [1.165, 1.54) is 0 Å². The molecule has 1 atom stereocenters. The third kappa shape index (κ3) is 3.20. The van der Waals surface area contributed by atoms with Crippen molar-refractivity contribution in [3.8, 4) is 0 Å². The number of nitrogens with one attached hydrogen (secondary N) is 1. The number of pyridine rings is 1. The van der Waals surface area contributed by atoms with Crippen LogP contribution < -0.4 is 5.32 Å². The minimum atomic E-state index is -2.42. The molecule has 3 nitrogen and oxygen atoms in total. The molecule has 1 fully saturated rings. The van der Waals surface area contributed by atoms with Gasteiger partial charge >= 0.3 is 0 Å². The molecule has 0 aliphatic carbocycles. The molecule has 1 aliphatic rings. The fourth-order valence-electron chi connectivity index (χ4n) is 2.00. The van der Waals surface area contributed by atoms with Crippen LogP contribution in [-0.4, -0.2) is 42.5 Å². The van der Waals surface area contributed by atoms with Crippen molar-refractivity contribution in [2.75, 3.05) is 26.2 Å². The summed E-state index contributed by atoms with van der Waals surface area (Å²) in [6.45, 7) is 2.76. The molecule has 1 aromatic rings. The predicted octanol–water partition coefficient (Wildman–Crippen LogP) is 2.06. The molecule has 0 amide bonds. The Hall–Kier alpha value is -0.590. The maximum Gasteiger partial charge on any atom is 0.259 e. The second-order valence-corrected chi connectivity index (χ2v) is 4.88. The lowest BCUT2D eigenvalue weighted by Gasteiger charge is -2.33. The van der Waals surface area contributed by atoms with Gasteiger partial charge < -0.3 is 5.32 Å². The summed E-state index contributed by atoms with van der Waals surface area (Å²) in [5.74, 6) is 0. The smallest absolute Gasteiger partial charge is 0.259 e. The zero-order valence-electron chi connectivity index (χ0n) is 9.24. The van der Waals surface area contributed by atoms with Crippen molar-refractivity contribution in [1.29, 1.82) is 0 Å². The van der Waals surface area contributed by atoms with Crippen LogP contribution in [0.15, 0.2) is 22.8 Å². The van der Waals surface area contributed by atoms with Crippen molar-refractivity contribution in [3.05, 3.63) is 28.5 Å². The summed E-state index contributed by atoms with van der Waals surface area (Å²) in [5.41, 5.74) is 0.435. The molecule has 1 saturated heterocycles. The normalized spacial score (nSPS) is 19.5. The SMILES string of the molecule is FC(F)[C@@H](c1ccc(Br)cn1)N1CCNCC1. The minimum absolute atomic E-state index is 0.435. The molecule has 0 radical (unpaired) electrons. The molecule has 0 saturated carbocycles. The topological polar surface area (TPSA) is 28.2 Å². The molecule has 0 bridgehead atoms. The Morgan fingerprint density at radius 3 is 2.53 bits per heavy atom. The summed E-state index contributed by atoms with van der Waals surface area (Å²) < 4.78 is 27.1. The highest BCUT2D eigenvalue weighted by Gasteiger charge is 2.30. The van der Waals surface area contributed by atoms with Crippen LogP contribution in [0, 0.1) is 0 Å². The maximum atomic E-state index is 13.2. The largest absolute Gasteiger partial charge is 0.314 e. The first-order valence-electron chi connectivity index (χ1n) is 5.53. The Balaban J connectivity index is 2.18. The fourth-order valence-corrected chi connectivity index (χ4v) is 2.23. The highest BCUT2D eigenvalue weighted by atomic mass is 79.9. The lowest BCUT2D eigenvalue weighted by molar-refractivity contribution is 0.0160. The summed E-state index contributed by atoms with van der Waals surface area (Å²) in [6.07, 6.45) is -0.853. The monoisotopic (exact) mass is 305 g/mol. The van der Waals surface area contributed by atoms with Gasteiger partial charge in [0.2, 0.25) is 0 Å².